The molecule has 34 heavy (non-hydrogen) atoms. The second kappa shape index (κ2) is 10.9. The predicted octanol–water partition coefficient (Wildman–Crippen LogP) is 4.21. The van der Waals surface area contributed by atoms with E-state index >= 15 is 0 Å². The summed E-state index contributed by atoms with van der Waals surface area (Å²) in [5.41, 5.74) is 6.02. The minimum Gasteiger partial charge on any atom is -0.445 e. The highest BCUT2D eigenvalue weighted by atomic mass is 19.1. The summed E-state index contributed by atoms with van der Waals surface area (Å²) < 4.78 is 20.3. The van der Waals surface area contributed by atoms with Crippen molar-refractivity contribution in [3.63, 3.8) is 0 Å². The van der Waals surface area contributed by atoms with E-state index in [1.807, 2.05) is 65.4 Å². The van der Waals surface area contributed by atoms with Crippen molar-refractivity contribution in [2.24, 2.45) is 5.10 Å². The van der Waals surface area contributed by atoms with Gasteiger partial charge in [0, 0.05) is 29.2 Å². The van der Waals surface area contributed by atoms with Crippen molar-refractivity contribution < 1.29 is 18.7 Å². The molecule has 0 saturated heterocycles. The Morgan fingerprint density at radius 1 is 0.941 bits per heavy atom. The highest BCUT2D eigenvalue weighted by Crippen LogP contribution is 2.21. The number of rotatable bonds is 8. The number of hydrogen-bond acceptors (Lipinski definition) is 4. The number of alkyl carbamates (subject to hydrolysis) is 1. The smallest absolute Gasteiger partial charge is 0.407 e. The standard InChI is InChI=1S/C26H23FN4O3/c27-22-12-10-19(11-13-22)16-31-17-21(23-8-4-5-9-24(23)31)14-29-30-25(32)15-28-26(33)34-18-20-6-2-1-3-7-20/h1-14,17H,15-16,18H2,(H,28,33)(H,30,32). The van der Waals surface area contributed by atoms with Crippen molar-refractivity contribution in [2.45, 2.75) is 13.2 Å². The number of ether oxygens (including phenoxy) is 1. The number of benzene rings is 3. The van der Waals surface area contributed by atoms with Crippen LogP contribution in [0.25, 0.3) is 10.9 Å². The van der Waals surface area contributed by atoms with Crippen LogP contribution in [0.15, 0.2) is 90.2 Å². The number of hydrogen-bond donors (Lipinski definition) is 2. The third-order valence-electron chi connectivity index (χ3n) is 5.08. The average molecular weight is 458 g/mol. The Hall–Kier alpha value is -4.46. The number of nitrogens with zero attached hydrogens (tertiary/aromatic N) is 2. The molecule has 172 valence electrons. The van der Waals surface area contributed by atoms with Gasteiger partial charge in [-0.2, -0.15) is 5.10 Å². The Kier molecular flexibility index (Phi) is 7.29. The maximum atomic E-state index is 13.2. The van der Waals surface area contributed by atoms with Crippen LogP contribution < -0.4 is 10.7 Å². The summed E-state index contributed by atoms with van der Waals surface area (Å²) in [7, 11) is 0. The van der Waals surface area contributed by atoms with Gasteiger partial charge in [-0.1, -0.05) is 60.7 Å². The third kappa shape index (κ3) is 6.07. The minimum atomic E-state index is -0.688. The Bertz CT molecular complexity index is 1300. The number of carbonyl (C=O) groups excluding carboxylic acids is 2. The molecule has 0 saturated carbocycles. The van der Waals surface area contributed by atoms with E-state index in [4.69, 9.17) is 4.74 Å². The molecule has 8 heteroatoms. The largest absolute Gasteiger partial charge is 0.445 e. The van der Waals surface area contributed by atoms with E-state index in [2.05, 4.69) is 15.8 Å². The summed E-state index contributed by atoms with van der Waals surface area (Å²) >= 11 is 0. The van der Waals surface area contributed by atoms with Gasteiger partial charge < -0.3 is 14.6 Å². The number of para-hydroxylation sites is 1. The normalized spacial score (nSPS) is 11.0. The molecule has 0 bridgehead atoms. The van der Waals surface area contributed by atoms with Crippen molar-refractivity contribution in [3.05, 3.63) is 108 Å². The molecule has 0 aliphatic heterocycles. The van der Waals surface area contributed by atoms with Gasteiger partial charge >= 0.3 is 6.09 Å². The van der Waals surface area contributed by atoms with Gasteiger partial charge in [0.1, 0.15) is 19.0 Å². The van der Waals surface area contributed by atoms with Gasteiger partial charge in [-0.15, -0.1) is 0 Å². The molecule has 1 heterocycles. The fourth-order valence-electron chi connectivity index (χ4n) is 3.44. The molecule has 4 rings (SSSR count). The number of amides is 2. The van der Waals surface area contributed by atoms with Crippen molar-refractivity contribution in [3.8, 4) is 0 Å². The quantitative estimate of drug-likeness (QED) is 0.307. The van der Waals surface area contributed by atoms with Gasteiger partial charge in [0.25, 0.3) is 5.91 Å². The van der Waals surface area contributed by atoms with E-state index in [-0.39, 0.29) is 19.0 Å². The van der Waals surface area contributed by atoms with Crippen LogP contribution in [-0.2, 0) is 22.7 Å². The molecule has 3 aromatic carbocycles. The first-order valence-corrected chi connectivity index (χ1v) is 10.7. The van der Waals surface area contributed by atoms with Gasteiger partial charge in [-0.25, -0.2) is 14.6 Å². The van der Waals surface area contributed by atoms with Crippen molar-refractivity contribution >= 4 is 29.1 Å². The van der Waals surface area contributed by atoms with E-state index in [1.165, 1.54) is 12.1 Å². The summed E-state index contributed by atoms with van der Waals surface area (Å²) in [6.45, 7) is 0.418. The fourth-order valence-corrected chi connectivity index (χ4v) is 3.44. The summed E-state index contributed by atoms with van der Waals surface area (Å²) in [6, 6.07) is 23.4. The maximum absolute atomic E-state index is 13.2. The van der Waals surface area contributed by atoms with Crippen LogP contribution in [0, 0.1) is 5.82 Å². The lowest BCUT2D eigenvalue weighted by Crippen LogP contribution is -2.35. The number of aromatic nitrogens is 1. The van der Waals surface area contributed by atoms with Crippen LogP contribution in [0.2, 0.25) is 0 Å². The van der Waals surface area contributed by atoms with Crippen LogP contribution in [0.5, 0.6) is 0 Å². The van der Waals surface area contributed by atoms with E-state index in [9.17, 15) is 14.0 Å². The molecule has 1 aromatic heterocycles. The van der Waals surface area contributed by atoms with Gasteiger partial charge in [0.05, 0.1) is 6.21 Å². The Balaban J connectivity index is 1.32. The van der Waals surface area contributed by atoms with Crippen molar-refractivity contribution in [1.82, 2.24) is 15.3 Å². The summed E-state index contributed by atoms with van der Waals surface area (Å²) in [6.07, 6.45) is 2.78. The summed E-state index contributed by atoms with van der Waals surface area (Å²) in [5.74, 6) is -0.758. The molecule has 4 aromatic rings. The molecule has 0 aliphatic carbocycles. The van der Waals surface area contributed by atoms with E-state index in [1.54, 1.807) is 18.3 Å². The molecule has 0 aliphatic rings. The zero-order valence-electron chi connectivity index (χ0n) is 18.3. The van der Waals surface area contributed by atoms with Gasteiger partial charge in [-0.05, 0) is 29.3 Å². The first kappa shape index (κ1) is 22.7. The molecular weight excluding hydrogens is 435 g/mol. The van der Waals surface area contributed by atoms with Gasteiger partial charge in [0.2, 0.25) is 0 Å². The van der Waals surface area contributed by atoms with Crippen LogP contribution in [0.3, 0.4) is 0 Å². The molecule has 7 nitrogen and oxygen atoms in total. The predicted molar refractivity (Wildman–Crippen MR) is 128 cm³/mol. The Morgan fingerprint density at radius 3 is 2.47 bits per heavy atom. The molecular formula is C26H23FN4O3. The average Bonchev–Trinajstić information content (AvgIpc) is 3.21. The topological polar surface area (TPSA) is 84.7 Å². The monoisotopic (exact) mass is 458 g/mol. The first-order valence-electron chi connectivity index (χ1n) is 10.7. The van der Waals surface area contributed by atoms with Crippen LogP contribution in [0.1, 0.15) is 16.7 Å². The molecule has 2 amide bonds. The maximum Gasteiger partial charge on any atom is 0.407 e. The minimum absolute atomic E-state index is 0.119. The number of halogens is 1. The lowest BCUT2D eigenvalue weighted by atomic mass is 10.2. The third-order valence-corrected chi connectivity index (χ3v) is 5.08. The van der Waals surface area contributed by atoms with Crippen LogP contribution >= 0.6 is 0 Å². The number of carbonyl (C=O) groups is 2. The van der Waals surface area contributed by atoms with Crippen molar-refractivity contribution in [2.75, 3.05) is 6.54 Å². The Morgan fingerprint density at radius 2 is 1.68 bits per heavy atom. The number of fused-ring (bicyclic) bond motifs is 1. The first-order chi connectivity index (χ1) is 16.6. The highest BCUT2D eigenvalue weighted by Gasteiger charge is 2.09. The highest BCUT2D eigenvalue weighted by molar-refractivity contribution is 5.99. The molecule has 0 atom stereocenters. The molecule has 0 fully saturated rings. The zero-order chi connectivity index (χ0) is 23.8. The number of hydrazone groups is 1. The van der Waals surface area contributed by atoms with E-state index < -0.39 is 12.0 Å². The van der Waals surface area contributed by atoms with E-state index in [0.717, 1.165) is 27.6 Å². The molecule has 0 spiro atoms. The molecule has 0 unspecified atom stereocenters. The summed E-state index contributed by atoms with van der Waals surface area (Å²) in [4.78, 5) is 23.8. The van der Waals surface area contributed by atoms with E-state index in [0.29, 0.717) is 6.54 Å². The summed E-state index contributed by atoms with van der Waals surface area (Å²) in [5, 5.41) is 7.37. The second-order valence-electron chi connectivity index (χ2n) is 7.56. The SMILES string of the molecule is O=C(CNC(=O)OCc1ccccc1)NN=Cc1cn(Cc2ccc(F)cc2)c2ccccc12. The second-order valence-corrected chi connectivity index (χ2v) is 7.56. The molecule has 0 radical (unpaired) electrons. The van der Waals surface area contributed by atoms with Gasteiger partial charge in [0.15, 0.2) is 0 Å². The lowest BCUT2D eigenvalue weighted by molar-refractivity contribution is -0.120. The zero-order valence-corrected chi connectivity index (χ0v) is 18.3. The lowest BCUT2D eigenvalue weighted by Gasteiger charge is -2.06. The molecule has 2 N–H and O–H groups in total. The Labute approximate surface area is 195 Å². The van der Waals surface area contributed by atoms with Gasteiger partial charge in [-0.3, -0.25) is 4.79 Å². The number of nitrogens with one attached hydrogen (secondary N) is 2. The fraction of sp³-hybridized carbons (Fsp3) is 0.115. The van der Waals surface area contributed by atoms with Crippen LogP contribution in [-0.4, -0.2) is 29.3 Å². The van der Waals surface area contributed by atoms with Crippen LogP contribution in [0.4, 0.5) is 9.18 Å². The van der Waals surface area contributed by atoms with Crippen molar-refractivity contribution in [1.29, 1.82) is 0 Å².